The molecule has 1 amide bonds. The number of rotatable bonds is 5. The van der Waals surface area contributed by atoms with E-state index < -0.39 is 0 Å². The molecule has 0 unspecified atom stereocenters. The predicted octanol–water partition coefficient (Wildman–Crippen LogP) is 5.43. The van der Waals surface area contributed by atoms with E-state index in [1.807, 2.05) is 48.5 Å². The van der Waals surface area contributed by atoms with Crippen LogP contribution in [0.3, 0.4) is 0 Å². The first-order valence-electron chi connectivity index (χ1n) is 11.1. The minimum Gasteiger partial charge on any atom is -0.322 e. The molecule has 2 heterocycles. The van der Waals surface area contributed by atoms with Gasteiger partial charge < -0.3 is 5.32 Å². The number of pyridine rings is 1. The third-order valence-corrected chi connectivity index (χ3v) is 6.20. The van der Waals surface area contributed by atoms with Crippen molar-refractivity contribution in [2.45, 2.75) is 25.7 Å². The second-order valence-corrected chi connectivity index (χ2v) is 8.45. The standard InChI is InChI=1S/C27H27N3O/c31-27(24-11-13-26(28-18-24)21-6-2-1-3-7-21)29-25-12-10-22-16-20(8-9-23(22)17-25)19-30-14-4-5-15-30/h1-3,6-7,10-13,16-18H,4-5,8-9,14-15,19H2,(H,29,31). The molecule has 31 heavy (non-hydrogen) atoms. The van der Waals surface area contributed by atoms with Crippen LogP contribution in [0.15, 0.2) is 72.4 Å². The lowest BCUT2D eigenvalue weighted by Crippen LogP contribution is -2.23. The van der Waals surface area contributed by atoms with Crippen molar-refractivity contribution in [3.8, 4) is 11.3 Å². The molecule has 4 nitrogen and oxygen atoms in total. The van der Waals surface area contributed by atoms with Crippen molar-refractivity contribution >= 4 is 17.7 Å². The Bertz CT molecular complexity index is 1100. The van der Waals surface area contributed by atoms with Gasteiger partial charge in [-0.15, -0.1) is 0 Å². The Kier molecular flexibility index (Phi) is 5.63. The van der Waals surface area contributed by atoms with Gasteiger partial charge in [-0.2, -0.15) is 0 Å². The summed E-state index contributed by atoms with van der Waals surface area (Å²) in [5.41, 5.74) is 7.42. The lowest BCUT2D eigenvalue weighted by atomic mass is 9.91. The molecule has 1 fully saturated rings. The zero-order valence-electron chi connectivity index (χ0n) is 17.7. The van der Waals surface area contributed by atoms with Crippen LogP contribution in [0, 0.1) is 0 Å². The Morgan fingerprint density at radius 3 is 2.58 bits per heavy atom. The number of aromatic nitrogens is 1. The number of carbonyl (C=O) groups is 1. The van der Waals surface area contributed by atoms with Gasteiger partial charge in [0.05, 0.1) is 11.3 Å². The molecule has 1 N–H and O–H groups in total. The highest BCUT2D eigenvalue weighted by Crippen LogP contribution is 2.28. The minimum absolute atomic E-state index is 0.131. The molecule has 4 heteroatoms. The Balaban J connectivity index is 1.25. The monoisotopic (exact) mass is 409 g/mol. The van der Waals surface area contributed by atoms with Crippen LogP contribution in [-0.4, -0.2) is 35.4 Å². The van der Waals surface area contributed by atoms with Crippen molar-refractivity contribution in [2.24, 2.45) is 0 Å². The third-order valence-electron chi connectivity index (χ3n) is 6.20. The van der Waals surface area contributed by atoms with Crippen molar-refractivity contribution in [3.63, 3.8) is 0 Å². The molecule has 2 aliphatic rings. The van der Waals surface area contributed by atoms with E-state index in [1.165, 1.54) is 42.6 Å². The van der Waals surface area contributed by atoms with Gasteiger partial charge in [-0.25, -0.2) is 0 Å². The van der Waals surface area contributed by atoms with Crippen LogP contribution in [0.4, 0.5) is 5.69 Å². The first-order valence-corrected chi connectivity index (χ1v) is 11.1. The second kappa shape index (κ2) is 8.86. The van der Waals surface area contributed by atoms with Crippen LogP contribution in [0.5, 0.6) is 0 Å². The van der Waals surface area contributed by atoms with E-state index in [9.17, 15) is 4.79 Å². The summed E-state index contributed by atoms with van der Waals surface area (Å²) in [4.78, 5) is 19.7. The molecule has 1 aliphatic heterocycles. The van der Waals surface area contributed by atoms with Crippen LogP contribution in [-0.2, 0) is 6.42 Å². The van der Waals surface area contributed by atoms with Gasteiger partial charge in [-0.05, 0) is 74.2 Å². The molecule has 0 atom stereocenters. The van der Waals surface area contributed by atoms with Crippen LogP contribution in [0.1, 0.15) is 40.7 Å². The maximum atomic E-state index is 12.7. The summed E-state index contributed by atoms with van der Waals surface area (Å²) in [5.74, 6) is -0.131. The van der Waals surface area contributed by atoms with Crippen LogP contribution < -0.4 is 5.32 Å². The van der Waals surface area contributed by atoms with E-state index in [0.29, 0.717) is 5.56 Å². The summed E-state index contributed by atoms with van der Waals surface area (Å²) in [6, 6.07) is 19.9. The topological polar surface area (TPSA) is 45.2 Å². The maximum Gasteiger partial charge on any atom is 0.257 e. The van der Waals surface area contributed by atoms with Crippen molar-refractivity contribution in [2.75, 3.05) is 25.0 Å². The quantitative estimate of drug-likeness (QED) is 0.611. The van der Waals surface area contributed by atoms with Gasteiger partial charge in [-0.1, -0.05) is 48.0 Å². The lowest BCUT2D eigenvalue weighted by molar-refractivity contribution is 0.102. The zero-order chi connectivity index (χ0) is 21.0. The number of hydrogen-bond acceptors (Lipinski definition) is 3. The molecular formula is C27H27N3O. The lowest BCUT2D eigenvalue weighted by Gasteiger charge is -2.22. The van der Waals surface area contributed by atoms with Crippen molar-refractivity contribution in [1.29, 1.82) is 0 Å². The molecular weight excluding hydrogens is 382 g/mol. The second-order valence-electron chi connectivity index (χ2n) is 8.45. The largest absolute Gasteiger partial charge is 0.322 e. The first-order chi connectivity index (χ1) is 15.2. The highest BCUT2D eigenvalue weighted by Gasteiger charge is 2.17. The highest BCUT2D eigenvalue weighted by molar-refractivity contribution is 6.04. The molecule has 156 valence electrons. The summed E-state index contributed by atoms with van der Waals surface area (Å²) in [7, 11) is 0. The smallest absolute Gasteiger partial charge is 0.257 e. The summed E-state index contributed by atoms with van der Waals surface area (Å²) >= 11 is 0. The fraction of sp³-hybridized carbons (Fsp3) is 0.259. The fourth-order valence-corrected chi connectivity index (χ4v) is 4.49. The Morgan fingerprint density at radius 1 is 0.968 bits per heavy atom. The summed E-state index contributed by atoms with van der Waals surface area (Å²) in [6.45, 7) is 3.57. The summed E-state index contributed by atoms with van der Waals surface area (Å²) in [6.07, 6.45) is 8.78. The SMILES string of the molecule is O=C(Nc1ccc2c(c1)CCC(CN1CCCC1)=C2)c1ccc(-c2ccccc2)nc1. The van der Waals surface area contributed by atoms with Gasteiger partial charge >= 0.3 is 0 Å². The number of hydrogen-bond donors (Lipinski definition) is 1. The number of fused-ring (bicyclic) bond motifs is 1. The van der Waals surface area contributed by atoms with Crippen molar-refractivity contribution in [1.82, 2.24) is 9.88 Å². The number of anilines is 1. The fourth-order valence-electron chi connectivity index (χ4n) is 4.49. The molecule has 0 saturated carbocycles. The van der Waals surface area contributed by atoms with E-state index in [-0.39, 0.29) is 5.91 Å². The average molecular weight is 410 g/mol. The van der Waals surface area contributed by atoms with Gasteiger partial charge in [-0.3, -0.25) is 14.7 Å². The van der Waals surface area contributed by atoms with Gasteiger partial charge in [0.15, 0.2) is 0 Å². The Hall–Kier alpha value is -3.24. The Labute approximate surface area is 183 Å². The van der Waals surface area contributed by atoms with Gasteiger partial charge in [0.25, 0.3) is 5.91 Å². The van der Waals surface area contributed by atoms with Crippen LogP contribution in [0.2, 0.25) is 0 Å². The molecule has 3 aromatic rings. The van der Waals surface area contributed by atoms with Gasteiger partial charge in [0, 0.05) is 24.0 Å². The molecule has 1 saturated heterocycles. The van der Waals surface area contributed by atoms with E-state index in [2.05, 4.69) is 33.4 Å². The van der Waals surface area contributed by atoms with E-state index in [0.717, 1.165) is 36.3 Å². The normalized spacial score (nSPS) is 15.9. The molecule has 2 aromatic carbocycles. The number of nitrogens with zero attached hydrogens (tertiary/aromatic N) is 2. The van der Waals surface area contributed by atoms with Crippen LogP contribution in [0.25, 0.3) is 17.3 Å². The number of benzene rings is 2. The Morgan fingerprint density at radius 2 is 1.81 bits per heavy atom. The van der Waals surface area contributed by atoms with E-state index in [4.69, 9.17) is 0 Å². The number of aryl methyl sites for hydroxylation is 1. The number of amides is 1. The van der Waals surface area contributed by atoms with Crippen molar-refractivity contribution in [3.05, 3.63) is 89.1 Å². The zero-order valence-corrected chi connectivity index (χ0v) is 17.7. The first kappa shape index (κ1) is 19.7. The van der Waals surface area contributed by atoms with Gasteiger partial charge in [0.2, 0.25) is 0 Å². The summed E-state index contributed by atoms with van der Waals surface area (Å²) < 4.78 is 0. The van der Waals surface area contributed by atoms with Crippen molar-refractivity contribution < 1.29 is 4.79 Å². The minimum atomic E-state index is -0.131. The van der Waals surface area contributed by atoms with E-state index in [1.54, 1.807) is 6.20 Å². The third kappa shape index (κ3) is 4.59. The average Bonchev–Trinajstić information content (AvgIpc) is 3.33. The molecule has 0 spiro atoms. The summed E-state index contributed by atoms with van der Waals surface area (Å²) in [5, 5.41) is 3.03. The van der Waals surface area contributed by atoms with E-state index >= 15 is 0 Å². The molecule has 5 rings (SSSR count). The number of carbonyl (C=O) groups excluding carboxylic acids is 1. The predicted molar refractivity (Wildman–Crippen MR) is 126 cm³/mol. The highest BCUT2D eigenvalue weighted by atomic mass is 16.1. The molecule has 1 aromatic heterocycles. The van der Waals surface area contributed by atoms with Gasteiger partial charge in [0.1, 0.15) is 0 Å². The number of nitrogens with one attached hydrogen (secondary N) is 1. The molecule has 0 bridgehead atoms. The molecule has 1 aliphatic carbocycles. The number of likely N-dealkylation sites (tertiary alicyclic amines) is 1. The maximum absolute atomic E-state index is 12.7. The van der Waals surface area contributed by atoms with Crippen LogP contribution >= 0.6 is 0 Å². The molecule has 0 radical (unpaired) electrons.